The number of piperidine rings is 1. The van der Waals surface area contributed by atoms with Gasteiger partial charge in [0.25, 0.3) is 0 Å². The summed E-state index contributed by atoms with van der Waals surface area (Å²) < 4.78 is 39.9. The molecule has 0 spiro atoms. The number of sulfonamides is 1. The van der Waals surface area contributed by atoms with E-state index in [0.29, 0.717) is 24.6 Å². The molecular formula is C23H27FN2O4S. The predicted molar refractivity (Wildman–Crippen MR) is 116 cm³/mol. The summed E-state index contributed by atoms with van der Waals surface area (Å²) >= 11 is 0. The lowest BCUT2D eigenvalue weighted by atomic mass is 9.90. The van der Waals surface area contributed by atoms with E-state index in [0.717, 1.165) is 29.1 Å². The number of hydrogen-bond acceptors (Lipinski definition) is 4. The average Bonchev–Trinajstić information content (AvgIpc) is 2.74. The number of rotatable bonds is 7. The number of benzene rings is 2. The molecule has 1 saturated heterocycles. The second-order valence-electron chi connectivity index (χ2n) is 8.00. The van der Waals surface area contributed by atoms with Crippen LogP contribution in [0, 0.1) is 11.7 Å². The molecule has 2 aromatic carbocycles. The summed E-state index contributed by atoms with van der Waals surface area (Å²) in [5.41, 5.74) is 1.38. The van der Waals surface area contributed by atoms with Crippen molar-refractivity contribution in [2.45, 2.75) is 31.1 Å². The molecule has 0 N–H and O–H groups in total. The van der Waals surface area contributed by atoms with Crippen LogP contribution in [-0.4, -0.2) is 56.0 Å². The minimum Gasteiger partial charge on any atom is -0.342 e. The number of likely N-dealkylation sites (tertiary alicyclic amines) is 1. The maximum Gasteiger partial charge on any atom is 0.243 e. The van der Waals surface area contributed by atoms with Gasteiger partial charge in [0.2, 0.25) is 15.9 Å². The maximum absolute atomic E-state index is 13.4. The van der Waals surface area contributed by atoms with Crippen molar-refractivity contribution < 1.29 is 22.4 Å². The third-order valence-electron chi connectivity index (χ3n) is 5.71. The molecule has 31 heavy (non-hydrogen) atoms. The van der Waals surface area contributed by atoms with E-state index < -0.39 is 10.0 Å². The van der Waals surface area contributed by atoms with Crippen molar-refractivity contribution >= 4 is 21.7 Å². The third-order valence-corrected chi connectivity index (χ3v) is 7.53. The van der Waals surface area contributed by atoms with E-state index in [2.05, 4.69) is 0 Å². The fourth-order valence-corrected chi connectivity index (χ4v) is 4.92. The van der Waals surface area contributed by atoms with Crippen LogP contribution in [0.15, 0.2) is 53.4 Å². The summed E-state index contributed by atoms with van der Waals surface area (Å²) in [5.74, 6) is -0.263. The van der Waals surface area contributed by atoms with Crippen molar-refractivity contribution in [3.63, 3.8) is 0 Å². The maximum atomic E-state index is 13.4. The molecule has 8 heteroatoms. The van der Waals surface area contributed by atoms with Crippen molar-refractivity contribution in [2.24, 2.45) is 5.92 Å². The summed E-state index contributed by atoms with van der Waals surface area (Å²) in [6.07, 6.45) is 2.36. The second kappa shape index (κ2) is 9.70. The van der Waals surface area contributed by atoms with Crippen molar-refractivity contribution in [3.8, 4) is 0 Å². The number of likely N-dealkylation sites (N-methyl/N-ethyl adjacent to an activating group) is 1. The number of carbonyl (C=O) groups excluding carboxylic acids is 2. The van der Waals surface area contributed by atoms with Crippen LogP contribution in [0.25, 0.3) is 0 Å². The molecule has 0 radical (unpaired) electrons. The first-order chi connectivity index (χ1) is 14.7. The number of halogens is 1. The molecule has 6 nitrogen and oxygen atoms in total. The van der Waals surface area contributed by atoms with Crippen LogP contribution in [0.2, 0.25) is 0 Å². The molecule has 1 aliphatic rings. The monoisotopic (exact) mass is 446 g/mol. The molecule has 0 atom stereocenters. The van der Waals surface area contributed by atoms with E-state index in [-0.39, 0.29) is 28.9 Å². The van der Waals surface area contributed by atoms with E-state index in [4.69, 9.17) is 0 Å². The molecule has 0 unspecified atom stereocenters. The number of ketones is 1. The molecule has 1 heterocycles. The summed E-state index contributed by atoms with van der Waals surface area (Å²) in [6.45, 7) is 2.28. The highest BCUT2D eigenvalue weighted by Crippen LogP contribution is 2.23. The molecule has 3 rings (SSSR count). The zero-order valence-electron chi connectivity index (χ0n) is 17.8. The highest BCUT2D eigenvalue weighted by Gasteiger charge is 2.28. The molecule has 0 aliphatic carbocycles. The Morgan fingerprint density at radius 1 is 1.10 bits per heavy atom. The average molecular weight is 447 g/mol. The molecule has 0 bridgehead atoms. The topological polar surface area (TPSA) is 74.8 Å². The second-order valence-corrected chi connectivity index (χ2v) is 10.0. The summed E-state index contributed by atoms with van der Waals surface area (Å²) in [5, 5.41) is 0. The molecular weight excluding hydrogens is 419 g/mol. The lowest BCUT2D eigenvalue weighted by molar-refractivity contribution is -0.132. The van der Waals surface area contributed by atoms with Gasteiger partial charge in [-0.1, -0.05) is 24.3 Å². The Hall–Kier alpha value is -2.58. The molecule has 0 saturated carbocycles. The van der Waals surface area contributed by atoms with Gasteiger partial charge >= 0.3 is 0 Å². The largest absolute Gasteiger partial charge is 0.342 e. The van der Waals surface area contributed by atoms with Gasteiger partial charge in [0, 0.05) is 25.7 Å². The van der Waals surface area contributed by atoms with Crippen LogP contribution >= 0.6 is 0 Å². The van der Waals surface area contributed by atoms with Crippen LogP contribution in [-0.2, 0) is 21.2 Å². The van der Waals surface area contributed by atoms with E-state index >= 15 is 0 Å². The smallest absolute Gasteiger partial charge is 0.243 e. The quantitative estimate of drug-likeness (QED) is 0.613. The molecule has 166 valence electrons. The van der Waals surface area contributed by atoms with E-state index in [1.54, 1.807) is 17.0 Å². The number of Topliss-reactive ketones (excluding diaryl/α,β-unsaturated/α-hetero) is 1. The standard InChI is InChI=1S/C23H27FN2O4S/c1-17(27)20-6-8-22(9-7-20)31(29,30)25(2)16-23(28)26-12-10-18(11-13-26)14-19-4-3-5-21(24)15-19/h3-9,15,18H,10-14,16H2,1-2H3. The molecule has 1 amide bonds. The Bertz CT molecular complexity index is 1050. The zero-order valence-corrected chi connectivity index (χ0v) is 18.6. The van der Waals surface area contributed by atoms with Crippen molar-refractivity contribution in [3.05, 3.63) is 65.5 Å². The van der Waals surface area contributed by atoms with Gasteiger partial charge in [-0.2, -0.15) is 4.31 Å². The molecule has 0 aromatic heterocycles. The van der Waals surface area contributed by atoms with Crippen LogP contribution in [0.5, 0.6) is 0 Å². The van der Waals surface area contributed by atoms with Gasteiger partial charge in [0.1, 0.15) is 5.82 Å². The van der Waals surface area contributed by atoms with Crippen LogP contribution < -0.4 is 0 Å². The summed E-state index contributed by atoms with van der Waals surface area (Å²) in [4.78, 5) is 25.8. The molecule has 2 aromatic rings. The highest BCUT2D eigenvalue weighted by atomic mass is 32.2. The normalized spacial score (nSPS) is 15.3. The van der Waals surface area contributed by atoms with Gasteiger partial charge in [-0.3, -0.25) is 9.59 Å². The Morgan fingerprint density at radius 3 is 2.32 bits per heavy atom. The van der Waals surface area contributed by atoms with Crippen molar-refractivity contribution in [1.82, 2.24) is 9.21 Å². The van der Waals surface area contributed by atoms with Gasteiger partial charge in [0.15, 0.2) is 5.78 Å². The number of amides is 1. The van der Waals surface area contributed by atoms with Gasteiger partial charge in [-0.25, -0.2) is 12.8 Å². The minimum absolute atomic E-state index is 0.0431. The Balaban J connectivity index is 1.54. The Morgan fingerprint density at radius 2 is 1.74 bits per heavy atom. The highest BCUT2D eigenvalue weighted by molar-refractivity contribution is 7.89. The lowest BCUT2D eigenvalue weighted by Gasteiger charge is -2.33. The molecule has 1 aliphatic heterocycles. The minimum atomic E-state index is -3.83. The Labute approximate surface area is 182 Å². The number of nitrogens with zero attached hydrogens (tertiary/aromatic N) is 2. The fourth-order valence-electron chi connectivity index (χ4n) is 3.80. The first-order valence-corrected chi connectivity index (χ1v) is 11.7. The van der Waals surface area contributed by atoms with Gasteiger partial charge in [0.05, 0.1) is 11.4 Å². The summed E-state index contributed by atoms with van der Waals surface area (Å²) in [7, 11) is -2.45. The first kappa shape index (κ1) is 23.1. The van der Waals surface area contributed by atoms with Crippen LogP contribution in [0.1, 0.15) is 35.7 Å². The van der Waals surface area contributed by atoms with E-state index in [9.17, 15) is 22.4 Å². The van der Waals surface area contributed by atoms with Gasteiger partial charge in [-0.15, -0.1) is 0 Å². The fraction of sp³-hybridized carbons (Fsp3) is 0.391. The zero-order chi connectivity index (χ0) is 22.6. The van der Waals surface area contributed by atoms with E-state index in [1.807, 2.05) is 6.07 Å². The van der Waals surface area contributed by atoms with E-state index in [1.165, 1.54) is 44.3 Å². The predicted octanol–water partition coefficient (Wildman–Crippen LogP) is 3.13. The lowest BCUT2D eigenvalue weighted by Crippen LogP contribution is -2.44. The van der Waals surface area contributed by atoms with Crippen LogP contribution in [0.3, 0.4) is 0 Å². The van der Waals surface area contributed by atoms with Gasteiger partial charge in [-0.05, 0) is 61.9 Å². The van der Waals surface area contributed by atoms with Crippen molar-refractivity contribution in [2.75, 3.05) is 26.7 Å². The van der Waals surface area contributed by atoms with Gasteiger partial charge < -0.3 is 4.90 Å². The first-order valence-electron chi connectivity index (χ1n) is 10.3. The number of hydrogen-bond donors (Lipinski definition) is 0. The van der Waals surface area contributed by atoms with Crippen LogP contribution in [0.4, 0.5) is 4.39 Å². The van der Waals surface area contributed by atoms with Crippen molar-refractivity contribution in [1.29, 1.82) is 0 Å². The molecule has 1 fully saturated rings. The number of carbonyl (C=O) groups is 2. The summed E-state index contributed by atoms with van der Waals surface area (Å²) in [6, 6.07) is 12.3. The SMILES string of the molecule is CC(=O)c1ccc(S(=O)(=O)N(C)CC(=O)N2CCC(Cc3cccc(F)c3)CC2)cc1. The third kappa shape index (κ3) is 5.77. The Kier molecular flexibility index (Phi) is 7.23.